The van der Waals surface area contributed by atoms with Crippen LogP contribution >= 0.6 is 0 Å². The molecule has 23 heavy (non-hydrogen) atoms. The molecule has 0 aliphatic carbocycles. The molecule has 2 aliphatic rings. The van der Waals surface area contributed by atoms with Gasteiger partial charge in [-0.25, -0.2) is 9.59 Å². The average molecular weight is 315 g/mol. The van der Waals surface area contributed by atoms with Crippen molar-refractivity contribution < 1.29 is 23.8 Å². The first-order valence-electron chi connectivity index (χ1n) is 7.17. The van der Waals surface area contributed by atoms with Crippen molar-refractivity contribution in [1.29, 1.82) is 0 Å². The quantitative estimate of drug-likeness (QED) is 0.855. The van der Waals surface area contributed by atoms with Crippen LogP contribution in [0.4, 0.5) is 0 Å². The molecule has 0 amide bonds. The van der Waals surface area contributed by atoms with Crippen molar-refractivity contribution in [3.63, 3.8) is 0 Å². The van der Waals surface area contributed by atoms with E-state index in [0.717, 1.165) is 5.56 Å². The molecule has 2 aliphatic heterocycles. The predicted octanol–water partition coefficient (Wildman–Crippen LogP) is 1.64. The van der Waals surface area contributed by atoms with Crippen LogP contribution in [0.1, 0.15) is 18.4 Å². The molecular weight excluding hydrogens is 298 g/mol. The van der Waals surface area contributed by atoms with Crippen molar-refractivity contribution in [2.45, 2.75) is 12.8 Å². The zero-order valence-corrected chi connectivity index (χ0v) is 13.1. The number of carbonyl (C=O) groups is 2. The Kier molecular flexibility index (Phi) is 3.82. The summed E-state index contributed by atoms with van der Waals surface area (Å²) in [5, 5.41) is 3.08. The van der Waals surface area contributed by atoms with Gasteiger partial charge in [-0.3, -0.25) is 0 Å². The van der Waals surface area contributed by atoms with E-state index in [1.807, 2.05) is 18.2 Å². The van der Waals surface area contributed by atoms with Crippen molar-refractivity contribution in [2.24, 2.45) is 0 Å². The number of benzene rings is 1. The maximum absolute atomic E-state index is 12.3. The summed E-state index contributed by atoms with van der Waals surface area (Å²) in [6.45, 7) is 1.95. The molecule has 0 spiro atoms. The number of para-hydroxylation sites is 1. The predicted molar refractivity (Wildman–Crippen MR) is 81.6 cm³/mol. The van der Waals surface area contributed by atoms with E-state index in [4.69, 9.17) is 14.2 Å². The van der Waals surface area contributed by atoms with Gasteiger partial charge >= 0.3 is 11.9 Å². The lowest BCUT2D eigenvalue weighted by molar-refractivity contribution is -0.136. The van der Waals surface area contributed by atoms with Crippen LogP contribution in [0, 0.1) is 0 Å². The first kappa shape index (κ1) is 15.1. The van der Waals surface area contributed by atoms with Gasteiger partial charge in [0, 0.05) is 11.3 Å². The fraction of sp³-hybridized carbons (Fsp3) is 0.294. The number of methoxy groups -OCH3 is 2. The third-order valence-corrected chi connectivity index (χ3v) is 4.07. The minimum absolute atomic E-state index is 0.172. The summed E-state index contributed by atoms with van der Waals surface area (Å²) in [5.41, 5.74) is 2.86. The van der Waals surface area contributed by atoms with Gasteiger partial charge in [-0.05, 0) is 13.0 Å². The molecule has 1 aromatic rings. The fourth-order valence-electron chi connectivity index (χ4n) is 3.06. The lowest BCUT2D eigenvalue weighted by Gasteiger charge is -2.28. The molecule has 0 saturated carbocycles. The van der Waals surface area contributed by atoms with Crippen LogP contribution in [-0.2, 0) is 19.1 Å². The van der Waals surface area contributed by atoms with Gasteiger partial charge in [-0.2, -0.15) is 0 Å². The summed E-state index contributed by atoms with van der Waals surface area (Å²) >= 11 is 0. The summed E-state index contributed by atoms with van der Waals surface area (Å²) in [5.74, 6) is -0.903. The smallest absolute Gasteiger partial charge is 0.337 e. The summed E-state index contributed by atoms with van der Waals surface area (Å²) in [4.78, 5) is 24.5. The van der Waals surface area contributed by atoms with Gasteiger partial charge in [0.25, 0.3) is 0 Å². The van der Waals surface area contributed by atoms with E-state index in [9.17, 15) is 9.59 Å². The Bertz CT molecular complexity index is 747. The third-order valence-electron chi connectivity index (χ3n) is 4.07. The van der Waals surface area contributed by atoms with Crippen LogP contribution in [0.5, 0.6) is 5.75 Å². The summed E-state index contributed by atoms with van der Waals surface area (Å²) in [7, 11) is 2.87. The number of esters is 2. The number of cyclic esters (lactones) is 1. The Morgan fingerprint density at radius 3 is 2.74 bits per heavy atom. The average Bonchev–Trinajstić information content (AvgIpc) is 2.93. The highest BCUT2D eigenvalue weighted by Crippen LogP contribution is 2.44. The van der Waals surface area contributed by atoms with Crippen molar-refractivity contribution in [3.8, 4) is 5.75 Å². The van der Waals surface area contributed by atoms with Gasteiger partial charge in [0.1, 0.15) is 12.4 Å². The van der Waals surface area contributed by atoms with Gasteiger partial charge in [-0.1, -0.05) is 18.2 Å². The Balaban J connectivity index is 2.23. The van der Waals surface area contributed by atoms with Crippen LogP contribution in [0.3, 0.4) is 0 Å². The van der Waals surface area contributed by atoms with E-state index in [1.165, 1.54) is 7.11 Å². The van der Waals surface area contributed by atoms with E-state index in [1.54, 1.807) is 20.1 Å². The molecule has 0 radical (unpaired) electrons. The normalized spacial score (nSPS) is 20.0. The molecular formula is C17H17NO5. The fourth-order valence-corrected chi connectivity index (χ4v) is 3.06. The Hall–Kier alpha value is -2.76. The second kappa shape index (κ2) is 5.79. The third kappa shape index (κ3) is 2.36. The van der Waals surface area contributed by atoms with Crippen molar-refractivity contribution >= 4 is 11.9 Å². The molecule has 0 aromatic heterocycles. The summed E-state index contributed by atoms with van der Waals surface area (Å²) in [6.07, 6.45) is 0. The van der Waals surface area contributed by atoms with Crippen LogP contribution in [0.15, 0.2) is 46.8 Å². The van der Waals surface area contributed by atoms with E-state index in [-0.39, 0.29) is 6.61 Å². The summed E-state index contributed by atoms with van der Waals surface area (Å²) in [6, 6.07) is 7.30. The first-order valence-corrected chi connectivity index (χ1v) is 7.17. The molecule has 3 rings (SSSR count). The second-order valence-corrected chi connectivity index (χ2v) is 5.30. The largest absolute Gasteiger partial charge is 0.496 e. The Labute approximate surface area is 133 Å². The van der Waals surface area contributed by atoms with Crippen molar-refractivity contribution in [1.82, 2.24) is 5.32 Å². The molecule has 1 atom stereocenters. The maximum atomic E-state index is 12.3. The number of nitrogens with one attached hydrogen (secondary N) is 1. The lowest BCUT2D eigenvalue weighted by Crippen LogP contribution is -2.30. The first-order chi connectivity index (χ1) is 11.1. The van der Waals surface area contributed by atoms with Crippen LogP contribution in [-0.4, -0.2) is 32.8 Å². The minimum Gasteiger partial charge on any atom is -0.496 e. The van der Waals surface area contributed by atoms with E-state index in [0.29, 0.717) is 28.3 Å². The monoisotopic (exact) mass is 315 g/mol. The molecule has 120 valence electrons. The van der Waals surface area contributed by atoms with Crippen molar-refractivity contribution in [3.05, 3.63) is 52.4 Å². The molecule has 6 nitrogen and oxygen atoms in total. The Morgan fingerprint density at radius 2 is 2.04 bits per heavy atom. The van der Waals surface area contributed by atoms with E-state index < -0.39 is 17.9 Å². The topological polar surface area (TPSA) is 73.9 Å². The highest BCUT2D eigenvalue weighted by Gasteiger charge is 2.42. The van der Waals surface area contributed by atoms with E-state index >= 15 is 0 Å². The highest BCUT2D eigenvalue weighted by molar-refractivity contribution is 6.01. The molecule has 1 unspecified atom stereocenters. The molecule has 0 fully saturated rings. The minimum atomic E-state index is -0.579. The van der Waals surface area contributed by atoms with Gasteiger partial charge in [0.05, 0.1) is 37.0 Å². The van der Waals surface area contributed by atoms with Crippen molar-refractivity contribution in [2.75, 3.05) is 20.8 Å². The molecule has 6 heteroatoms. The van der Waals surface area contributed by atoms with Crippen LogP contribution in [0.25, 0.3) is 0 Å². The number of carbonyl (C=O) groups excluding carboxylic acids is 2. The number of ether oxygens (including phenoxy) is 3. The second-order valence-electron chi connectivity index (χ2n) is 5.30. The van der Waals surface area contributed by atoms with Gasteiger partial charge < -0.3 is 19.5 Å². The number of rotatable bonds is 3. The van der Waals surface area contributed by atoms with Gasteiger partial charge in [-0.15, -0.1) is 0 Å². The highest BCUT2D eigenvalue weighted by atomic mass is 16.5. The maximum Gasteiger partial charge on any atom is 0.337 e. The van der Waals surface area contributed by atoms with Gasteiger partial charge in [0.15, 0.2) is 0 Å². The molecule has 1 aromatic carbocycles. The zero-order chi connectivity index (χ0) is 16.6. The number of hydrogen-bond donors (Lipinski definition) is 1. The molecule has 0 bridgehead atoms. The number of allylic oxidation sites excluding steroid dienone is 1. The SMILES string of the molecule is COC(=O)C1=C(C)NC2=C(C(=O)OC2)C1c1ccccc1OC. The lowest BCUT2D eigenvalue weighted by atomic mass is 9.80. The zero-order valence-electron chi connectivity index (χ0n) is 13.1. The molecule has 0 saturated heterocycles. The standard InChI is InChI=1S/C17H17NO5/c1-9-13(16(19)22-3)14(10-6-4-5-7-12(10)21-2)15-11(18-9)8-23-17(15)20/h4-7,14,18H,8H2,1-3H3. The Morgan fingerprint density at radius 1 is 1.30 bits per heavy atom. The van der Waals surface area contributed by atoms with E-state index in [2.05, 4.69) is 5.32 Å². The molecule has 2 heterocycles. The van der Waals surface area contributed by atoms with Crippen LogP contribution < -0.4 is 10.1 Å². The molecule has 1 N–H and O–H groups in total. The van der Waals surface area contributed by atoms with Crippen LogP contribution in [0.2, 0.25) is 0 Å². The number of dihydropyridines is 1. The number of hydrogen-bond acceptors (Lipinski definition) is 6. The van der Waals surface area contributed by atoms with Gasteiger partial charge in [0.2, 0.25) is 0 Å². The summed E-state index contributed by atoms with van der Waals surface area (Å²) < 4.78 is 15.5.